The summed E-state index contributed by atoms with van der Waals surface area (Å²) in [6.07, 6.45) is 7.58. The third kappa shape index (κ3) is 3.01. The number of aldehydes is 1. The van der Waals surface area contributed by atoms with Crippen LogP contribution in [0.2, 0.25) is 0 Å². The van der Waals surface area contributed by atoms with Crippen LogP contribution in [0.5, 0.6) is 0 Å². The van der Waals surface area contributed by atoms with Gasteiger partial charge in [0.2, 0.25) is 6.04 Å². The molecule has 0 aromatic rings. The summed E-state index contributed by atoms with van der Waals surface area (Å²) in [5, 5.41) is 10.5. The van der Waals surface area contributed by atoms with Crippen molar-refractivity contribution in [2.75, 3.05) is 0 Å². The van der Waals surface area contributed by atoms with Crippen LogP contribution in [0.15, 0.2) is 0 Å². The Balaban J connectivity index is 2.20. The van der Waals surface area contributed by atoms with Crippen molar-refractivity contribution < 1.29 is 9.72 Å². The Morgan fingerprint density at radius 1 is 1.40 bits per heavy atom. The maximum absolute atomic E-state index is 10.8. The fourth-order valence-electron chi connectivity index (χ4n) is 2.10. The molecule has 1 fully saturated rings. The second kappa shape index (κ2) is 5.24. The Hall–Kier alpha value is -0.930. The minimum absolute atomic E-state index is 0.305. The van der Waals surface area contributed by atoms with E-state index in [0.29, 0.717) is 12.8 Å². The van der Waals surface area contributed by atoms with Gasteiger partial charge in [0, 0.05) is 11.3 Å². The van der Waals surface area contributed by atoms with Gasteiger partial charge in [0.1, 0.15) is 6.29 Å². The van der Waals surface area contributed by atoms with Crippen LogP contribution < -0.4 is 0 Å². The SMILES string of the molecule is CCCCCCC[C@]1(C=O)C[C@H]1[N+](=O)[O-]. The fourth-order valence-corrected chi connectivity index (χ4v) is 2.10. The van der Waals surface area contributed by atoms with Gasteiger partial charge in [-0.05, 0) is 6.42 Å². The lowest BCUT2D eigenvalue weighted by atomic mass is 9.98. The van der Waals surface area contributed by atoms with Gasteiger partial charge in [-0.3, -0.25) is 10.1 Å². The molecule has 0 bridgehead atoms. The third-order valence-corrected chi connectivity index (χ3v) is 3.31. The van der Waals surface area contributed by atoms with Gasteiger partial charge in [0.05, 0.1) is 5.41 Å². The summed E-state index contributed by atoms with van der Waals surface area (Å²) >= 11 is 0. The molecule has 0 amide bonds. The summed E-state index contributed by atoms with van der Waals surface area (Å²) < 4.78 is 0. The van der Waals surface area contributed by atoms with Crippen molar-refractivity contribution in [3.8, 4) is 0 Å². The van der Waals surface area contributed by atoms with Crippen LogP contribution >= 0.6 is 0 Å². The Labute approximate surface area is 90.2 Å². The van der Waals surface area contributed by atoms with Crippen LogP contribution in [-0.4, -0.2) is 17.3 Å². The molecule has 0 spiro atoms. The molecular weight excluding hydrogens is 194 g/mol. The lowest BCUT2D eigenvalue weighted by molar-refractivity contribution is -0.501. The zero-order chi connectivity index (χ0) is 11.3. The van der Waals surface area contributed by atoms with Crippen LogP contribution in [0, 0.1) is 15.5 Å². The molecule has 0 N–H and O–H groups in total. The number of nitro groups is 1. The molecule has 4 heteroatoms. The molecule has 1 rings (SSSR count). The predicted octanol–water partition coefficient (Wildman–Crippen LogP) is 2.58. The summed E-state index contributed by atoms with van der Waals surface area (Å²) in [7, 11) is 0. The smallest absolute Gasteiger partial charge is 0.226 e. The summed E-state index contributed by atoms with van der Waals surface area (Å²) in [4.78, 5) is 21.0. The van der Waals surface area contributed by atoms with Crippen LogP contribution in [0.3, 0.4) is 0 Å². The van der Waals surface area contributed by atoms with E-state index in [1.165, 1.54) is 19.3 Å². The van der Waals surface area contributed by atoms with Gasteiger partial charge in [0.15, 0.2) is 0 Å². The van der Waals surface area contributed by atoms with Crippen molar-refractivity contribution in [2.45, 2.75) is 57.9 Å². The third-order valence-electron chi connectivity index (χ3n) is 3.31. The summed E-state index contributed by atoms with van der Waals surface area (Å²) in [5.74, 6) is 0. The maximum Gasteiger partial charge on any atom is 0.226 e. The minimum Gasteiger partial charge on any atom is -0.302 e. The van der Waals surface area contributed by atoms with Gasteiger partial charge in [0.25, 0.3) is 0 Å². The van der Waals surface area contributed by atoms with Crippen molar-refractivity contribution in [3.63, 3.8) is 0 Å². The number of hydrogen-bond acceptors (Lipinski definition) is 3. The van der Waals surface area contributed by atoms with E-state index in [9.17, 15) is 14.9 Å². The Kier molecular flexibility index (Phi) is 4.24. The highest BCUT2D eigenvalue weighted by atomic mass is 16.6. The van der Waals surface area contributed by atoms with Crippen molar-refractivity contribution in [1.82, 2.24) is 0 Å². The number of unbranched alkanes of at least 4 members (excludes halogenated alkanes) is 4. The van der Waals surface area contributed by atoms with Crippen LogP contribution in [0.4, 0.5) is 0 Å². The highest BCUT2D eigenvalue weighted by Gasteiger charge is 2.63. The van der Waals surface area contributed by atoms with Gasteiger partial charge < -0.3 is 4.79 Å². The van der Waals surface area contributed by atoms with Crippen molar-refractivity contribution in [1.29, 1.82) is 0 Å². The Bertz CT molecular complexity index is 242. The largest absolute Gasteiger partial charge is 0.302 e. The molecule has 2 atom stereocenters. The topological polar surface area (TPSA) is 60.2 Å². The highest BCUT2D eigenvalue weighted by Crippen LogP contribution is 2.50. The molecule has 0 unspecified atom stereocenters. The number of carbonyl (C=O) groups excluding carboxylic acids is 1. The first-order valence-electron chi connectivity index (χ1n) is 5.76. The lowest BCUT2D eigenvalue weighted by Crippen LogP contribution is -2.15. The first kappa shape index (κ1) is 12.1. The predicted molar refractivity (Wildman–Crippen MR) is 57.3 cm³/mol. The molecule has 86 valence electrons. The summed E-state index contributed by atoms with van der Waals surface area (Å²) in [6, 6.07) is -0.596. The van der Waals surface area contributed by atoms with E-state index in [1.807, 2.05) is 0 Å². The molecule has 1 aliphatic carbocycles. The fraction of sp³-hybridized carbons (Fsp3) is 0.909. The molecule has 4 nitrogen and oxygen atoms in total. The highest BCUT2D eigenvalue weighted by molar-refractivity contribution is 5.65. The van der Waals surface area contributed by atoms with E-state index in [-0.39, 0.29) is 4.92 Å². The van der Waals surface area contributed by atoms with E-state index < -0.39 is 11.5 Å². The Morgan fingerprint density at radius 3 is 2.53 bits per heavy atom. The van der Waals surface area contributed by atoms with Gasteiger partial charge in [-0.2, -0.15) is 0 Å². The minimum atomic E-state index is -0.601. The van der Waals surface area contributed by atoms with E-state index in [1.54, 1.807) is 0 Å². The second-order valence-corrected chi connectivity index (χ2v) is 4.52. The average Bonchev–Trinajstić information content (AvgIpc) is 2.93. The number of nitrogens with zero attached hydrogens (tertiary/aromatic N) is 1. The number of rotatable bonds is 8. The first-order chi connectivity index (χ1) is 7.16. The van der Waals surface area contributed by atoms with Crippen LogP contribution in [-0.2, 0) is 4.79 Å². The Morgan fingerprint density at radius 2 is 2.07 bits per heavy atom. The zero-order valence-corrected chi connectivity index (χ0v) is 9.28. The molecule has 1 saturated carbocycles. The second-order valence-electron chi connectivity index (χ2n) is 4.52. The molecule has 1 aliphatic rings. The monoisotopic (exact) mass is 213 g/mol. The molecule has 0 radical (unpaired) electrons. The molecule has 0 aromatic carbocycles. The molecule has 0 saturated heterocycles. The molecule has 0 heterocycles. The summed E-state index contributed by atoms with van der Waals surface area (Å²) in [5.41, 5.74) is -0.601. The van der Waals surface area contributed by atoms with Gasteiger partial charge in [-0.1, -0.05) is 39.0 Å². The van der Waals surface area contributed by atoms with Crippen molar-refractivity contribution in [2.24, 2.45) is 5.41 Å². The molecule has 15 heavy (non-hydrogen) atoms. The van der Waals surface area contributed by atoms with E-state index in [4.69, 9.17) is 0 Å². The zero-order valence-electron chi connectivity index (χ0n) is 9.28. The van der Waals surface area contributed by atoms with Crippen molar-refractivity contribution in [3.05, 3.63) is 10.1 Å². The molecule has 0 aliphatic heterocycles. The standard InChI is InChI=1S/C11H19NO3/c1-2-3-4-5-6-7-11(9-13)8-10(11)12(14)15/h9-10H,2-8H2,1H3/t10-,11-/m1/s1. The van der Waals surface area contributed by atoms with E-state index in [0.717, 1.165) is 19.1 Å². The van der Waals surface area contributed by atoms with Crippen LogP contribution in [0.25, 0.3) is 0 Å². The van der Waals surface area contributed by atoms with E-state index >= 15 is 0 Å². The van der Waals surface area contributed by atoms with Crippen molar-refractivity contribution >= 4 is 6.29 Å². The quantitative estimate of drug-likeness (QED) is 0.269. The maximum atomic E-state index is 10.8. The van der Waals surface area contributed by atoms with Gasteiger partial charge in [-0.25, -0.2) is 0 Å². The van der Waals surface area contributed by atoms with Crippen LogP contribution in [0.1, 0.15) is 51.9 Å². The number of carbonyl (C=O) groups is 1. The molecule has 0 aromatic heterocycles. The number of hydrogen-bond donors (Lipinski definition) is 0. The normalized spacial score (nSPS) is 28.7. The van der Waals surface area contributed by atoms with Gasteiger partial charge >= 0.3 is 0 Å². The van der Waals surface area contributed by atoms with Gasteiger partial charge in [-0.15, -0.1) is 0 Å². The summed E-state index contributed by atoms with van der Waals surface area (Å²) in [6.45, 7) is 2.15. The first-order valence-corrected chi connectivity index (χ1v) is 5.76. The van der Waals surface area contributed by atoms with E-state index in [2.05, 4.69) is 6.92 Å². The lowest BCUT2D eigenvalue weighted by Gasteiger charge is -2.05. The molecular formula is C11H19NO3. The average molecular weight is 213 g/mol.